The van der Waals surface area contributed by atoms with E-state index in [1.165, 1.54) is 5.69 Å². The van der Waals surface area contributed by atoms with E-state index in [2.05, 4.69) is 59.4 Å². The fourth-order valence-electron chi connectivity index (χ4n) is 4.56. The Balaban J connectivity index is 1.44. The first-order chi connectivity index (χ1) is 15.5. The Kier molecular flexibility index (Phi) is 6.63. The molecule has 4 rings (SSSR count). The highest BCUT2D eigenvalue weighted by molar-refractivity contribution is 5.76. The molecule has 1 aliphatic heterocycles. The number of ether oxygens (including phenoxy) is 1. The van der Waals surface area contributed by atoms with Crippen molar-refractivity contribution in [3.05, 3.63) is 53.6 Å². The van der Waals surface area contributed by atoms with E-state index in [4.69, 9.17) is 9.72 Å². The Bertz CT molecular complexity index is 978. The van der Waals surface area contributed by atoms with Gasteiger partial charge in [0.15, 0.2) is 0 Å². The molecule has 1 aromatic heterocycles. The monoisotopic (exact) mass is 435 g/mol. The maximum Gasteiger partial charge on any atom is 0.227 e. The van der Waals surface area contributed by atoms with Crippen LogP contribution in [0.4, 0.5) is 17.3 Å². The second-order valence-electron chi connectivity index (χ2n) is 8.73. The molecule has 1 fully saturated rings. The quantitative estimate of drug-likeness (QED) is 0.737. The summed E-state index contributed by atoms with van der Waals surface area (Å²) in [6.45, 7) is 9.59. The van der Waals surface area contributed by atoms with Crippen molar-refractivity contribution in [1.29, 1.82) is 0 Å². The van der Waals surface area contributed by atoms with E-state index in [1.54, 1.807) is 7.11 Å². The van der Waals surface area contributed by atoms with E-state index < -0.39 is 0 Å². The van der Waals surface area contributed by atoms with E-state index in [1.807, 2.05) is 18.0 Å². The predicted molar refractivity (Wildman–Crippen MR) is 127 cm³/mol. The summed E-state index contributed by atoms with van der Waals surface area (Å²) in [4.78, 5) is 25.6. The molecule has 7 nitrogen and oxygen atoms in total. The zero-order chi connectivity index (χ0) is 22.7. The second-order valence-corrected chi connectivity index (χ2v) is 8.73. The molecule has 1 saturated heterocycles. The van der Waals surface area contributed by atoms with E-state index in [0.717, 1.165) is 55.3 Å². The summed E-state index contributed by atoms with van der Waals surface area (Å²) in [6, 6.07) is 8.34. The lowest BCUT2D eigenvalue weighted by Gasteiger charge is -2.36. The number of fused-ring (bicyclic) bond motifs is 1. The van der Waals surface area contributed by atoms with Gasteiger partial charge in [-0.15, -0.1) is 0 Å². The molecule has 1 N–H and O–H groups in total. The summed E-state index contributed by atoms with van der Waals surface area (Å²) >= 11 is 0. The zero-order valence-corrected chi connectivity index (χ0v) is 19.5. The van der Waals surface area contributed by atoms with Crippen LogP contribution in [-0.2, 0) is 16.0 Å². The normalized spacial score (nSPS) is 18.3. The number of hydrogen-bond acceptors (Lipinski definition) is 6. The zero-order valence-electron chi connectivity index (χ0n) is 19.5. The lowest BCUT2D eigenvalue weighted by atomic mass is 9.83. The number of piperazine rings is 1. The van der Waals surface area contributed by atoms with E-state index in [9.17, 15) is 4.79 Å². The average molecular weight is 436 g/mol. The van der Waals surface area contributed by atoms with Crippen LogP contribution in [0.5, 0.6) is 0 Å². The van der Waals surface area contributed by atoms with Gasteiger partial charge < -0.3 is 19.9 Å². The topological polar surface area (TPSA) is 70.6 Å². The molecule has 1 amide bonds. The maximum atomic E-state index is 11.9. The third-order valence-corrected chi connectivity index (χ3v) is 6.35. The molecule has 0 spiro atoms. The van der Waals surface area contributed by atoms with Crippen molar-refractivity contribution in [1.82, 2.24) is 14.9 Å². The number of carbonyl (C=O) groups excluding carboxylic acids is 1. The highest BCUT2D eigenvalue weighted by Gasteiger charge is 2.29. The standard InChI is InChI=1S/C25H33N5O2/c1-5-22(31)30-14-12-29(13-15-30)20-9-7-19(8-10-20)27-25-26-16-18-6-11-21(32-4)23(17(2)3)24(18)28-25/h7-11,16-17,23H,5-6,12-15H2,1-4H3,(H,26,27,28). The van der Waals surface area contributed by atoms with Crippen molar-refractivity contribution in [3.63, 3.8) is 0 Å². The Labute approximate surface area is 190 Å². The van der Waals surface area contributed by atoms with Crippen LogP contribution in [0.2, 0.25) is 0 Å². The smallest absolute Gasteiger partial charge is 0.227 e. The van der Waals surface area contributed by atoms with Gasteiger partial charge >= 0.3 is 0 Å². The fourth-order valence-corrected chi connectivity index (χ4v) is 4.56. The van der Waals surface area contributed by atoms with E-state index in [-0.39, 0.29) is 11.8 Å². The Morgan fingerprint density at radius 2 is 1.91 bits per heavy atom. The van der Waals surface area contributed by atoms with Crippen LogP contribution in [0.25, 0.3) is 0 Å². The molecule has 1 aromatic carbocycles. The van der Waals surface area contributed by atoms with E-state index >= 15 is 0 Å². The number of benzene rings is 1. The Hall–Kier alpha value is -3.09. The van der Waals surface area contributed by atoms with Gasteiger partial charge in [-0.2, -0.15) is 0 Å². The largest absolute Gasteiger partial charge is 0.501 e. The molecule has 1 atom stereocenters. The van der Waals surface area contributed by atoms with Crippen molar-refractivity contribution in [2.45, 2.75) is 39.5 Å². The molecule has 0 radical (unpaired) electrons. The molecule has 2 heterocycles. The number of hydrogen-bond donors (Lipinski definition) is 1. The second kappa shape index (κ2) is 9.59. The van der Waals surface area contributed by atoms with Gasteiger partial charge in [0, 0.05) is 50.2 Å². The average Bonchev–Trinajstić information content (AvgIpc) is 2.83. The Morgan fingerprint density at radius 1 is 1.19 bits per heavy atom. The molecule has 1 unspecified atom stereocenters. The minimum atomic E-state index is 0.146. The van der Waals surface area contributed by atoms with Crippen LogP contribution in [0.1, 0.15) is 44.4 Å². The molecular weight excluding hydrogens is 402 g/mol. The number of methoxy groups -OCH3 is 1. The SMILES string of the molecule is CCC(=O)N1CCN(c2ccc(Nc3ncc4c(n3)C(C(C)C)C(OC)=CC4)cc2)CC1. The van der Waals surface area contributed by atoms with Crippen LogP contribution >= 0.6 is 0 Å². The lowest BCUT2D eigenvalue weighted by molar-refractivity contribution is -0.131. The fraction of sp³-hybridized carbons (Fsp3) is 0.480. The first-order valence-corrected chi connectivity index (χ1v) is 11.5. The molecule has 1 aliphatic carbocycles. The maximum absolute atomic E-state index is 11.9. The van der Waals surface area contributed by atoms with E-state index in [0.29, 0.717) is 18.3 Å². The summed E-state index contributed by atoms with van der Waals surface area (Å²) in [5, 5.41) is 3.35. The molecule has 0 saturated carbocycles. The summed E-state index contributed by atoms with van der Waals surface area (Å²) < 4.78 is 5.63. The molecule has 170 valence electrons. The van der Waals surface area contributed by atoms with Gasteiger partial charge in [0.05, 0.1) is 18.7 Å². The summed E-state index contributed by atoms with van der Waals surface area (Å²) in [6.07, 6.45) is 5.44. The number of nitrogens with zero attached hydrogens (tertiary/aromatic N) is 4. The van der Waals surface area contributed by atoms with Gasteiger partial charge in [-0.25, -0.2) is 9.97 Å². The van der Waals surface area contributed by atoms with Crippen molar-refractivity contribution in [2.24, 2.45) is 5.92 Å². The molecule has 32 heavy (non-hydrogen) atoms. The number of aromatic nitrogens is 2. The van der Waals surface area contributed by atoms with Crippen LogP contribution in [0.3, 0.4) is 0 Å². The number of anilines is 3. The summed E-state index contributed by atoms with van der Waals surface area (Å²) in [5.74, 6) is 2.36. The van der Waals surface area contributed by atoms with Gasteiger partial charge in [0.25, 0.3) is 0 Å². The van der Waals surface area contributed by atoms with Crippen LogP contribution in [-0.4, -0.2) is 54.1 Å². The molecule has 7 heteroatoms. The van der Waals surface area contributed by atoms with Crippen LogP contribution < -0.4 is 10.2 Å². The summed E-state index contributed by atoms with van der Waals surface area (Å²) in [7, 11) is 1.73. The van der Waals surface area contributed by atoms with Crippen molar-refractivity contribution in [3.8, 4) is 0 Å². The van der Waals surface area contributed by atoms with Gasteiger partial charge in [0.1, 0.15) is 5.76 Å². The number of amides is 1. The summed E-state index contributed by atoms with van der Waals surface area (Å²) in [5.41, 5.74) is 4.33. The predicted octanol–water partition coefficient (Wildman–Crippen LogP) is 4.10. The number of rotatable bonds is 6. The third-order valence-electron chi connectivity index (χ3n) is 6.35. The first-order valence-electron chi connectivity index (χ1n) is 11.5. The van der Waals surface area contributed by atoms with Gasteiger partial charge in [-0.1, -0.05) is 20.8 Å². The van der Waals surface area contributed by atoms with Crippen molar-refractivity contribution >= 4 is 23.2 Å². The highest BCUT2D eigenvalue weighted by Crippen LogP contribution is 2.37. The first kappa shape index (κ1) is 22.1. The van der Waals surface area contributed by atoms with Crippen LogP contribution in [0, 0.1) is 5.92 Å². The van der Waals surface area contributed by atoms with Gasteiger partial charge in [0.2, 0.25) is 11.9 Å². The van der Waals surface area contributed by atoms with Gasteiger partial charge in [-0.3, -0.25) is 4.79 Å². The van der Waals surface area contributed by atoms with Crippen molar-refractivity contribution < 1.29 is 9.53 Å². The molecule has 0 bridgehead atoms. The third kappa shape index (κ3) is 4.56. The molecule has 2 aliphatic rings. The molecular formula is C25H33N5O2. The highest BCUT2D eigenvalue weighted by atomic mass is 16.5. The van der Waals surface area contributed by atoms with Gasteiger partial charge in [-0.05, 0) is 48.2 Å². The van der Waals surface area contributed by atoms with Crippen LogP contribution in [0.15, 0.2) is 42.3 Å². The minimum Gasteiger partial charge on any atom is -0.501 e. The Morgan fingerprint density at radius 3 is 2.53 bits per heavy atom. The number of nitrogens with one attached hydrogen (secondary N) is 1. The number of allylic oxidation sites excluding steroid dienone is 2. The molecule has 2 aromatic rings. The van der Waals surface area contributed by atoms with Crippen molar-refractivity contribution in [2.75, 3.05) is 43.5 Å². The lowest BCUT2D eigenvalue weighted by Crippen LogP contribution is -2.48. The number of carbonyl (C=O) groups is 1. The minimum absolute atomic E-state index is 0.146.